The molecule has 138 valence electrons. The van der Waals surface area contributed by atoms with E-state index in [-0.39, 0.29) is 12.1 Å². The second-order valence-electron chi connectivity index (χ2n) is 6.48. The molecule has 7 heteroatoms. The molecule has 0 aliphatic carbocycles. The van der Waals surface area contributed by atoms with Crippen molar-refractivity contribution in [2.75, 3.05) is 18.4 Å². The number of carbonyl (C=O) groups is 1. The highest BCUT2D eigenvalue weighted by Gasteiger charge is 2.25. The van der Waals surface area contributed by atoms with Gasteiger partial charge in [0.05, 0.1) is 6.20 Å². The SMILES string of the molecule is O=C(Nc1cccc(Cl)c1)N1CCC(Oc2nncc3ccccc23)CC1. The number of ether oxygens (including phenoxy) is 1. The number of nitrogens with zero attached hydrogens (tertiary/aromatic N) is 3. The Bertz CT molecular complexity index is 952. The number of hydrogen-bond acceptors (Lipinski definition) is 4. The van der Waals surface area contributed by atoms with Crippen molar-refractivity contribution in [3.63, 3.8) is 0 Å². The minimum atomic E-state index is -0.124. The lowest BCUT2D eigenvalue weighted by molar-refractivity contribution is 0.112. The van der Waals surface area contributed by atoms with Crippen molar-refractivity contribution in [3.05, 3.63) is 59.8 Å². The third-order valence-corrected chi connectivity index (χ3v) is 4.86. The van der Waals surface area contributed by atoms with Crippen molar-refractivity contribution in [1.82, 2.24) is 15.1 Å². The topological polar surface area (TPSA) is 67.4 Å². The number of halogens is 1. The predicted octanol–water partition coefficient (Wildman–Crippen LogP) is 4.36. The van der Waals surface area contributed by atoms with E-state index in [9.17, 15) is 4.79 Å². The van der Waals surface area contributed by atoms with Crippen LogP contribution in [0.3, 0.4) is 0 Å². The summed E-state index contributed by atoms with van der Waals surface area (Å²) >= 11 is 5.96. The van der Waals surface area contributed by atoms with Crippen LogP contribution in [-0.4, -0.2) is 40.3 Å². The van der Waals surface area contributed by atoms with Gasteiger partial charge in [0.2, 0.25) is 5.88 Å². The van der Waals surface area contributed by atoms with E-state index in [1.165, 1.54) is 0 Å². The summed E-state index contributed by atoms with van der Waals surface area (Å²) < 4.78 is 6.08. The highest BCUT2D eigenvalue weighted by Crippen LogP contribution is 2.25. The van der Waals surface area contributed by atoms with Gasteiger partial charge in [0.25, 0.3) is 0 Å². The fraction of sp³-hybridized carbons (Fsp3) is 0.250. The van der Waals surface area contributed by atoms with Gasteiger partial charge in [0.1, 0.15) is 6.10 Å². The molecule has 1 N–H and O–H groups in total. The standard InChI is InChI=1S/C20H19ClN4O2/c21-15-5-3-6-16(12-15)23-20(26)25-10-8-17(9-11-25)27-19-18-7-2-1-4-14(18)13-22-24-19/h1-7,12-13,17H,8-11H2,(H,23,26). The minimum absolute atomic E-state index is 0.0142. The van der Waals surface area contributed by atoms with E-state index in [0.717, 1.165) is 23.6 Å². The largest absolute Gasteiger partial charge is 0.473 e. The summed E-state index contributed by atoms with van der Waals surface area (Å²) in [5.74, 6) is 0.551. The number of nitrogens with one attached hydrogen (secondary N) is 1. The molecule has 3 aromatic rings. The summed E-state index contributed by atoms with van der Waals surface area (Å²) in [7, 11) is 0. The molecule has 0 bridgehead atoms. The first-order valence-electron chi connectivity index (χ1n) is 8.87. The van der Waals surface area contributed by atoms with E-state index in [4.69, 9.17) is 16.3 Å². The molecule has 2 aromatic carbocycles. The smallest absolute Gasteiger partial charge is 0.321 e. The van der Waals surface area contributed by atoms with Crippen LogP contribution in [0.25, 0.3) is 10.8 Å². The molecule has 2 amide bonds. The lowest BCUT2D eigenvalue weighted by atomic mass is 10.1. The van der Waals surface area contributed by atoms with Crippen LogP contribution < -0.4 is 10.1 Å². The number of anilines is 1. The molecule has 1 fully saturated rings. The number of amides is 2. The maximum absolute atomic E-state index is 12.4. The Balaban J connectivity index is 1.35. The van der Waals surface area contributed by atoms with Crippen molar-refractivity contribution in [1.29, 1.82) is 0 Å². The Labute approximate surface area is 162 Å². The van der Waals surface area contributed by atoms with Gasteiger partial charge < -0.3 is 15.0 Å². The summed E-state index contributed by atoms with van der Waals surface area (Å²) in [6.45, 7) is 1.24. The van der Waals surface area contributed by atoms with Crippen LogP contribution in [0, 0.1) is 0 Å². The van der Waals surface area contributed by atoms with E-state index >= 15 is 0 Å². The number of likely N-dealkylation sites (tertiary alicyclic amines) is 1. The first-order chi connectivity index (χ1) is 13.2. The molecular weight excluding hydrogens is 364 g/mol. The second-order valence-corrected chi connectivity index (χ2v) is 6.92. The molecule has 1 aliphatic heterocycles. The Kier molecular flexibility index (Phi) is 5.07. The molecule has 0 unspecified atom stereocenters. The number of piperidine rings is 1. The first kappa shape index (κ1) is 17.5. The van der Waals surface area contributed by atoms with E-state index in [0.29, 0.717) is 29.7 Å². The predicted molar refractivity (Wildman–Crippen MR) is 105 cm³/mol. The highest BCUT2D eigenvalue weighted by molar-refractivity contribution is 6.30. The molecule has 0 atom stereocenters. The van der Waals surface area contributed by atoms with Crippen LogP contribution >= 0.6 is 11.6 Å². The van der Waals surface area contributed by atoms with Crippen LogP contribution in [0.4, 0.5) is 10.5 Å². The van der Waals surface area contributed by atoms with E-state index in [2.05, 4.69) is 15.5 Å². The summed E-state index contributed by atoms with van der Waals surface area (Å²) in [5.41, 5.74) is 0.692. The molecule has 6 nitrogen and oxygen atoms in total. The van der Waals surface area contributed by atoms with Gasteiger partial charge in [0, 0.05) is 47.4 Å². The van der Waals surface area contributed by atoms with Crippen LogP contribution in [-0.2, 0) is 0 Å². The van der Waals surface area contributed by atoms with Crippen LogP contribution in [0.15, 0.2) is 54.7 Å². The fourth-order valence-electron chi connectivity index (χ4n) is 3.19. The van der Waals surface area contributed by atoms with Crippen molar-refractivity contribution >= 4 is 34.1 Å². The molecule has 1 aliphatic rings. The van der Waals surface area contributed by atoms with Crippen LogP contribution in [0.5, 0.6) is 5.88 Å². The Morgan fingerprint density at radius 1 is 1.15 bits per heavy atom. The monoisotopic (exact) mass is 382 g/mol. The molecule has 2 heterocycles. The summed E-state index contributed by atoms with van der Waals surface area (Å²) in [6.07, 6.45) is 3.23. The highest BCUT2D eigenvalue weighted by atomic mass is 35.5. The van der Waals surface area contributed by atoms with Gasteiger partial charge in [0.15, 0.2) is 0 Å². The van der Waals surface area contributed by atoms with Gasteiger partial charge in [-0.2, -0.15) is 5.10 Å². The zero-order chi connectivity index (χ0) is 18.6. The molecule has 0 radical (unpaired) electrons. The number of urea groups is 1. The summed E-state index contributed by atoms with van der Waals surface area (Å²) in [6, 6.07) is 14.9. The first-order valence-corrected chi connectivity index (χ1v) is 9.25. The Morgan fingerprint density at radius 3 is 2.78 bits per heavy atom. The number of hydrogen-bond donors (Lipinski definition) is 1. The van der Waals surface area contributed by atoms with Crippen molar-refractivity contribution < 1.29 is 9.53 Å². The van der Waals surface area contributed by atoms with Crippen LogP contribution in [0.1, 0.15) is 12.8 Å². The fourth-order valence-corrected chi connectivity index (χ4v) is 3.38. The zero-order valence-corrected chi connectivity index (χ0v) is 15.4. The third kappa shape index (κ3) is 4.11. The van der Waals surface area contributed by atoms with Gasteiger partial charge in [-0.3, -0.25) is 0 Å². The van der Waals surface area contributed by atoms with Gasteiger partial charge in [-0.1, -0.05) is 35.9 Å². The lowest BCUT2D eigenvalue weighted by Crippen LogP contribution is -2.43. The normalized spacial score (nSPS) is 14.9. The molecule has 4 rings (SSSR count). The van der Waals surface area contributed by atoms with Gasteiger partial charge in [-0.05, 0) is 24.3 Å². The molecule has 1 saturated heterocycles. The van der Waals surface area contributed by atoms with E-state index in [1.54, 1.807) is 23.2 Å². The number of benzene rings is 2. The molecule has 0 saturated carbocycles. The van der Waals surface area contributed by atoms with Crippen molar-refractivity contribution in [2.45, 2.75) is 18.9 Å². The average molecular weight is 383 g/mol. The van der Waals surface area contributed by atoms with Crippen LogP contribution in [0.2, 0.25) is 5.02 Å². The van der Waals surface area contributed by atoms with E-state index < -0.39 is 0 Å². The number of fused-ring (bicyclic) bond motifs is 1. The molecule has 27 heavy (non-hydrogen) atoms. The van der Waals surface area contributed by atoms with Crippen molar-refractivity contribution in [2.24, 2.45) is 0 Å². The molecular formula is C20H19ClN4O2. The third-order valence-electron chi connectivity index (χ3n) is 4.62. The maximum atomic E-state index is 12.4. The molecule has 1 aromatic heterocycles. The maximum Gasteiger partial charge on any atom is 0.321 e. The Morgan fingerprint density at radius 2 is 1.96 bits per heavy atom. The quantitative estimate of drug-likeness (QED) is 0.730. The number of rotatable bonds is 3. The molecule has 0 spiro atoms. The summed E-state index contributed by atoms with van der Waals surface area (Å²) in [5, 5.41) is 13.6. The number of aromatic nitrogens is 2. The van der Waals surface area contributed by atoms with E-state index in [1.807, 2.05) is 36.4 Å². The van der Waals surface area contributed by atoms with Gasteiger partial charge in [-0.25, -0.2) is 4.79 Å². The number of carbonyl (C=O) groups excluding carboxylic acids is 1. The second kappa shape index (κ2) is 7.80. The average Bonchev–Trinajstić information content (AvgIpc) is 2.69. The lowest BCUT2D eigenvalue weighted by Gasteiger charge is -2.32. The zero-order valence-electron chi connectivity index (χ0n) is 14.6. The van der Waals surface area contributed by atoms with Gasteiger partial charge >= 0.3 is 6.03 Å². The minimum Gasteiger partial charge on any atom is -0.473 e. The Hall–Kier alpha value is -2.86. The van der Waals surface area contributed by atoms with Gasteiger partial charge in [-0.15, -0.1) is 5.10 Å². The van der Waals surface area contributed by atoms with Crippen molar-refractivity contribution in [3.8, 4) is 5.88 Å². The summed E-state index contributed by atoms with van der Waals surface area (Å²) in [4.78, 5) is 14.2.